The van der Waals surface area contributed by atoms with E-state index in [-0.39, 0.29) is 5.91 Å². The van der Waals surface area contributed by atoms with E-state index in [1.807, 2.05) is 60.0 Å². The van der Waals surface area contributed by atoms with Gasteiger partial charge in [0.25, 0.3) is 5.91 Å². The molecular formula is C31H31N5O3S2. The van der Waals surface area contributed by atoms with Crippen molar-refractivity contribution in [2.45, 2.75) is 23.8 Å². The van der Waals surface area contributed by atoms with Gasteiger partial charge in [-0.25, -0.2) is 4.98 Å². The zero-order chi connectivity index (χ0) is 28.6. The fourth-order valence-electron chi connectivity index (χ4n) is 4.35. The summed E-state index contributed by atoms with van der Waals surface area (Å²) >= 11 is 3.05. The SMILES string of the molecule is COc1ccc(CCN(C)C(=O)c2csc(CSc3nnc(Cc4ccccc4)n3-c3ccccc3)n2)cc1OC. The Bertz CT molecular complexity index is 1590. The molecule has 5 rings (SSSR count). The van der Waals surface area contributed by atoms with Gasteiger partial charge in [-0.15, -0.1) is 21.5 Å². The standard InChI is InChI=1S/C31H31N5O3S2/c1-35(17-16-23-14-15-26(38-2)27(18-23)39-3)30(37)25-20-40-29(32-25)21-41-31-34-33-28(19-22-10-6-4-7-11-22)36(31)24-12-8-5-9-13-24/h4-15,18,20H,16-17,19,21H2,1-3H3. The maximum absolute atomic E-state index is 13.1. The third-order valence-corrected chi connectivity index (χ3v) is 8.52. The molecule has 0 bridgehead atoms. The molecule has 0 spiro atoms. The first-order chi connectivity index (χ1) is 20.1. The van der Waals surface area contributed by atoms with Crippen molar-refractivity contribution in [1.29, 1.82) is 0 Å². The van der Waals surface area contributed by atoms with Crippen LogP contribution >= 0.6 is 23.1 Å². The second-order valence-electron chi connectivity index (χ2n) is 9.31. The molecule has 0 saturated heterocycles. The molecule has 0 unspecified atom stereocenters. The summed E-state index contributed by atoms with van der Waals surface area (Å²) < 4.78 is 12.8. The van der Waals surface area contributed by atoms with Gasteiger partial charge in [0.1, 0.15) is 16.5 Å². The van der Waals surface area contributed by atoms with Crippen LogP contribution in [0.1, 0.15) is 32.4 Å². The summed E-state index contributed by atoms with van der Waals surface area (Å²) in [6.07, 6.45) is 1.37. The maximum Gasteiger partial charge on any atom is 0.273 e. The number of para-hydroxylation sites is 1. The minimum absolute atomic E-state index is 0.101. The molecule has 41 heavy (non-hydrogen) atoms. The number of ether oxygens (including phenoxy) is 2. The second kappa shape index (κ2) is 13.5. The number of amides is 1. The summed E-state index contributed by atoms with van der Waals surface area (Å²) in [5, 5.41) is 12.5. The number of likely N-dealkylation sites (N-methyl/N-ethyl adjacent to an activating group) is 1. The van der Waals surface area contributed by atoms with Crippen molar-refractivity contribution in [1.82, 2.24) is 24.6 Å². The predicted octanol–water partition coefficient (Wildman–Crippen LogP) is 5.94. The predicted molar refractivity (Wildman–Crippen MR) is 162 cm³/mol. The van der Waals surface area contributed by atoms with Gasteiger partial charge < -0.3 is 14.4 Å². The number of thioether (sulfide) groups is 1. The summed E-state index contributed by atoms with van der Waals surface area (Å²) in [4.78, 5) is 19.4. The zero-order valence-electron chi connectivity index (χ0n) is 23.2. The highest BCUT2D eigenvalue weighted by Crippen LogP contribution is 2.29. The fraction of sp³-hybridized carbons (Fsp3) is 0.226. The molecule has 10 heteroatoms. The molecule has 3 aromatic carbocycles. The Balaban J connectivity index is 1.23. The lowest BCUT2D eigenvalue weighted by Crippen LogP contribution is -2.29. The number of thiazole rings is 1. The average molecular weight is 586 g/mol. The molecular weight excluding hydrogens is 555 g/mol. The molecule has 0 saturated carbocycles. The van der Waals surface area contributed by atoms with Gasteiger partial charge in [0.15, 0.2) is 16.7 Å². The first-order valence-electron chi connectivity index (χ1n) is 13.1. The number of nitrogens with zero attached hydrogens (tertiary/aromatic N) is 5. The highest BCUT2D eigenvalue weighted by molar-refractivity contribution is 7.98. The Morgan fingerprint density at radius 2 is 1.66 bits per heavy atom. The lowest BCUT2D eigenvalue weighted by Gasteiger charge is -2.16. The Labute approximate surface area is 248 Å². The van der Waals surface area contributed by atoms with E-state index in [1.165, 1.54) is 16.9 Å². The molecule has 0 aliphatic rings. The highest BCUT2D eigenvalue weighted by atomic mass is 32.2. The molecule has 0 aliphatic heterocycles. The van der Waals surface area contributed by atoms with Gasteiger partial charge >= 0.3 is 0 Å². The fourth-order valence-corrected chi connectivity index (χ4v) is 6.11. The zero-order valence-corrected chi connectivity index (χ0v) is 24.8. The van der Waals surface area contributed by atoms with E-state index in [4.69, 9.17) is 9.47 Å². The van der Waals surface area contributed by atoms with E-state index in [2.05, 4.69) is 44.0 Å². The van der Waals surface area contributed by atoms with Crippen molar-refractivity contribution in [2.24, 2.45) is 0 Å². The third kappa shape index (κ3) is 6.96. The van der Waals surface area contributed by atoms with Gasteiger partial charge in [0, 0.05) is 31.1 Å². The Kier molecular flexibility index (Phi) is 9.33. The molecule has 0 N–H and O–H groups in total. The topological polar surface area (TPSA) is 82.4 Å². The van der Waals surface area contributed by atoms with Crippen LogP contribution in [0.3, 0.4) is 0 Å². The smallest absolute Gasteiger partial charge is 0.273 e. The van der Waals surface area contributed by atoms with Crippen molar-refractivity contribution >= 4 is 29.0 Å². The number of carbonyl (C=O) groups is 1. The van der Waals surface area contributed by atoms with Crippen LogP contribution in [0.2, 0.25) is 0 Å². The molecule has 2 aromatic heterocycles. The lowest BCUT2D eigenvalue weighted by atomic mass is 10.1. The van der Waals surface area contributed by atoms with Gasteiger partial charge in [-0.3, -0.25) is 9.36 Å². The van der Waals surface area contributed by atoms with Crippen molar-refractivity contribution in [3.8, 4) is 17.2 Å². The Morgan fingerprint density at radius 1 is 0.927 bits per heavy atom. The quantitative estimate of drug-likeness (QED) is 0.168. The number of rotatable bonds is 12. The Hall–Kier alpha value is -4.15. The van der Waals surface area contributed by atoms with Crippen molar-refractivity contribution < 1.29 is 14.3 Å². The van der Waals surface area contributed by atoms with E-state index in [0.29, 0.717) is 42.3 Å². The summed E-state index contributed by atoms with van der Waals surface area (Å²) in [6.45, 7) is 0.556. The number of aromatic nitrogens is 4. The molecule has 0 fully saturated rings. The van der Waals surface area contributed by atoms with Crippen LogP contribution in [-0.4, -0.2) is 58.4 Å². The molecule has 1 amide bonds. The van der Waals surface area contributed by atoms with Crippen LogP contribution in [-0.2, 0) is 18.6 Å². The van der Waals surface area contributed by atoms with Gasteiger partial charge in [-0.05, 0) is 41.8 Å². The molecule has 0 radical (unpaired) electrons. The van der Waals surface area contributed by atoms with Crippen LogP contribution in [0.25, 0.3) is 5.69 Å². The molecule has 5 aromatic rings. The molecule has 0 aliphatic carbocycles. The summed E-state index contributed by atoms with van der Waals surface area (Å²) in [6, 6.07) is 26.2. The lowest BCUT2D eigenvalue weighted by molar-refractivity contribution is 0.0791. The van der Waals surface area contributed by atoms with Crippen molar-refractivity contribution in [3.63, 3.8) is 0 Å². The minimum Gasteiger partial charge on any atom is -0.493 e. The third-order valence-electron chi connectivity index (χ3n) is 6.55. The summed E-state index contributed by atoms with van der Waals surface area (Å²) in [5.74, 6) is 2.72. The van der Waals surface area contributed by atoms with Gasteiger partial charge in [-0.1, -0.05) is 66.4 Å². The van der Waals surface area contributed by atoms with E-state index in [0.717, 1.165) is 27.2 Å². The monoisotopic (exact) mass is 585 g/mol. The molecule has 0 atom stereocenters. The average Bonchev–Trinajstić information content (AvgIpc) is 3.66. The number of hydrogen-bond donors (Lipinski definition) is 0. The summed E-state index contributed by atoms with van der Waals surface area (Å²) in [5.41, 5.74) is 3.70. The largest absolute Gasteiger partial charge is 0.493 e. The van der Waals surface area contributed by atoms with E-state index < -0.39 is 0 Å². The minimum atomic E-state index is -0.101. The van der Waals surface area contributed by atoms with Gasteiger partial charge in [0.05, 0.1) is 20.0 Å². The first kappa shape index (κ1) is 28.4. The number of hydrogen-bond acceptors (Lipinski definition) is 8. The number of carbonyl (C=O) groups excluding carboxylic acids is 1. The number of methoxy groups -OCH3 is 2. The van der Waals surface area contributed by atoms with Gasteiger partial charge in [-0.2, -0.15) is 0 Å². The summed E-state index contributed by atoms with van der Waals surface area (Å²) in [7, 11) is 5.03. The van der Waals surface area contributed by atoms with Gasteiger partial charge in [0.2, 0.25) is 0 Å². The normalized spacial score (nSPS) is 10.9. The van der Waals surface area contributed by atoms with Crippen LogP contribution in [0.5, 0.6) is 11.5 Å². The number of benzene rings is 3. The van der Waals surface area contributed by atoms with E-state index in [1.54, 1.807) is 37.9 Å². The van der Waals surface area contributed by atoms with Crippen molar-refractivity contribution in [3.05, 3.63) is 112 Å². The van der Waals surface area contributed by atoms with E-state index >= 15 is 0 Å². The second-order valence-corrected chi connectivity index (χ2v) is 11.2. The highest BCUT2D eigenvalue weighted by Gasteiger charge is 2.18. The van der Waals surface area contributed by atoms with Crippen LogP contribution in [0.4, 0.5) is 0 Å². The van der Waals surface area contributed by atoms with E-state index in [9.17, 15) is 4.79 Å². The van der Waals surface area contributed by atoms with Crippen molar-refractivity contribution in [2.75, 3.05) is 27.8 Å². The molecule has 2 heterocycles. The molecule has 8 nitrogen and oxygen atoms in total. The molecule has 210 valence electrons. The Morgan fingerprint density at radius 3 is 2.39 bits per heavy atom. The first-order valence-corrected chi connectivity index (χ1v) is 15.0. The maximum atomic E-state index is 13.1. The van der Waals surface area contributed by atoms with Crippen LogP contribution in [0.15, 0.2) is 89.4 Å². The van der Waals surface area contributed by atoms with Crippen LogP contribution in [0, 0.1) is 0 Å². The van der Waals surface area contributed by atoms with Crippen LogP contribution < -0.4 is 9.47 Å².